The van der Waals surface area contributed by atoms with Crippen LogP contribution in [0.1, 0.15) is 22.4 Å². The van der Waals surface area contributed by atoms with E-state index in [1.54, 1.807) is 16.2 Å². The number of likely N-dealkylation sites (tertiary alicyclic amines) is 1. The van der Waals surface area contributed by atoms with Crippen molar-refractivity contribution in [2.75, 3.05) is 26.7 Å². The van der Waals surface area contributed by atoms with E-state index in [9.17, 15) is 9.59 Å². The van der Waals surface area contributed by atoms with Gasteiger partial charge in [-0.25, -0.2) is 0 Å². The molecule has 2 aliphatic rings. The van der Waals surface area contributed by atoms with Gasteiger partial charge < -0.3 is 9.80 Å². The summed E-state index contributed by atoms with van der Waals surface area (Å²) >= 11 is 1.78. The number of likely N-dealkylation sites (N-methyl/N-ethyl adjacent to an activating group) is 1. The number of amides is 2. The lowest BCUT2D eigenvalue weighted by Gasteiger charge is -2.40. The highest BCUT2D eigenvalue weighted by atomic mass is 32.1. The number of rotatable bonds is 4. The molecule has 2 amide bonds. The molecule has 4 rings (SSSR count). The number of hydrogen-bond acceptors (Lipinski definition) is 4. The zero-order valence-electron chi connectivity index (χ0n) is 16.5. The van der Waals surface area contributed by atoms with E-state index in [4.69, 9.17) is 0 Å². The summed E-state index contributed by atoms with van der Waals surface area (Å²) in [5.74, 6) is -0.00679. The highest BCUT2D eigenvalue weighted by Gasteiger charge is 2.43. The van der Waals surface area contributed by atoms with Crippen molar-refractivity contribution in [2.24, 2.45) is 5.92 Å². The van der Waals surface area contributed by atoms with Gasteiger partial charge in [0.2, 0.25) is 11.8 Å². The number of benzene rings is 1. The van der Waals surface area contributed by atoms with Crippen molar-refractivity contribution < 1.29 is 9.59 Å². The predicted molar refractivity (Wildman–Crippen MR) is 111 cm³/mol. The molecule has 5 nitrogen and oxygen atoms in total. The lowest BCUT2D eigenvalue weighted by molar-refractivity contribution is -0.138. The molecule has 0 bridgehead atoms. The first-order chi connectivity index (χ1) is 13.5. The van der Waals surface area contributed by atoms with Crippen LogP contribution in [0.3, 0.4) is 0 Å². The molecule has 2 fully saturated rings. The molecule has 0 unspecified atom stereocenters. The summed E-state index contributed by atoms with van der Waals surface area (Å²) in [6, 6.07) is 12.1. The van der Waals surface area contributed by atoms with E-state index in [2.05, 4.69) is 23.3 Å². The molecule has 0 spiro atoms. The van der Waals surface area contributed by atoms with Crippen molar-refractivity contribution >= 4 is 23.2 Å². The Morgan fingerprint density at radius 1 is 1.11 bits per heavy atom. The molecule has 2 saturated heterocycles. The lowest BCUT2D eigenvalue weighted by atomic mass is 9.90. The van der Waals surface area contributed by atoms with E-state index in [0.717, 1.165) is 25.1 Å². The monoisotopic (exact) mass is 397 g/mol. The molecule has 28 heavy (non-hydrogen) atoms. The topological polar surface area (TPSA) is 43.9 Å². The fraction of sp³-hybridized carbons (Fsp3) is 0.455. The molecule has 2 atom stereocenters. The average Bonchev–Trinajstić information content (AvgIpc) is 3.08. The first-order valence-electron chi connectivity index (χ1n) is 9.86. The zero-order chi connectivity index (χ0) is 19.7. The van der Waals surface area contributed by atoms with Gasteiger partial charge in [0.25, 0.3) is 0 Å². The van der Waals surface area contributed by atoms with E-state index < -0.39 is 0 Å². The van der Waals surface area contributed by atoms with Gasteiger partial charge in [0, 0.05) is 44.1 Å². The van der Waals surface area contributed by atoms with E-state index >= 15 is 0 Å². The molecule has 2 aliphatic heterocycles. The highest BCUT2D eigenvalue weighted by molar-refractivity contribution is 7.10. The minimum absolute atomic E-state index is 0.00135. The summed E-state index contributed by atoms with van der Waals surface area (Å²) < 4.78 is 0. The quantitative estimate of drug-likeness (QED) is 0.797. The number of aryl methyl sites for hydroxylation is 1. The third-order valence-electron chi connectivity index (χ3n) is 6.06. The van der Waals surface area contributed by atoms with Gasteiger partial charge in [-0.2, -0.15) is 0 Å². The van der Waals surface area contributed by atoms with Crippen LogP contribution in [0.5, 0.6) is 0 Å². The zero-order valence-corrected chi connectivity index (χ0v) is 17.3. The second-order valence-corrected chi connectivity index (χ2v) is 8.91. The van der Waals surface area contributed by atoms with Crippen LogP contribution in [0.15, 0.2) is 41.8 Å². The summed E-state index contributed by atoms with van der Waals surface area (Å²) in [5, 5.41) is 2.13. The van der Waals surface area contributed by atoms with E-state index in [-0.39, 0.29) is 30.3 Å². The first kappa shape index (κ1) is 19.2. The Morgan fingerprint density at radius 2 is 1.89 bits per heavy atom. The Balaban J connectivity index is 1.53. The molecule has 2 aromatic rings. The van der Waals surface area contributed by atoms with Crippen LogP contribution in [0, 0.1) is 12.8 Å². The van der Waals surface area contributed by atoms with Gasteiger partial charge in [-0.15, -0.1) is 11.3 Å². The van der Waals surface area contributed by atoms with Gasteiger partial charge in [-0.1, -0.05) is 30.3 Å². The summed E-state index contributed by atoms with van der Waals surface area (Å²) in [6.07, 6.45) is 0.849. The van der Waals surface area contributed by atoms with Crippen molar-refractivity contribution in [3.63, 3.8) is 0 Å². The number of thiophene rings is 1. The Labute approximate surface area is 170 Å². The Bertz CT molecular complexity index is 850. The maximum atomic E-state index is 13.4. The van der Waals surface area contributed by atoms with Crippen molar-refractivity contribution in [1.29, 1.82) is 0 Å². The normalized spacial score (nSPS) is 23.6. The fourth-order valence-electron chi connectivity index (χ4n) is 4.34. The number of fused-ring (bicyclic) bond motifs is 1. The van der Waals surface area contributed by atoms with Crippen molar-refractivity contribution in [2.45, 2.75) is 32.5 Å². The van der Waals surface area contributed by atoms with Crippen LogP contribution < -0.4 is 0 Å². The molecule has 148 valence electrons. The Kier molecular flexibility index (Phi) is 5.51. The maximum Gasteiger partial charge on any atom is 0.242 e. The molecular weight excluding hydrogens is 370 g/mol. The number of carbonyl (C=O) groups is 2. The number of hydrogen-bond donors (Lipinski definition) is 0. The molecule has 0 radical (unpaired) electrons. The Morgan fingerprint density at radius 3 is 2.61 bits per heavy atom. The van der Waals surface area contributed by atoms with Crippen LogP contribution in [-0.2, 0) is 22.7 Å². The third kappa shape index (κ3) is 3.84. The van der Waals surface area contributed by atoms with Crippen molar-refractivity contribution in [1.82, 2.24) is 14.7 Å². The molecular formula is C22H27N3O2S. The highest BCUT2D eigenvalue weighted by Crippen LogP contribution is 2.29. The van der Waals surface area contributed by atoms with E-state index in [1.165, 1.54) is 10.4 Å². The summed E-state index contributed by atoms with van der Waals surface area (Å²) in [6.45, 7) is 5.32. The number of carbonyl (C=O) groups excluding carboxylic acids is 2. The van der Waals surface area contributed by atoms with Crippen molar-refractivity contribution in [3.05, 3.63) is 57.8 Å². The van der Waals surface area contributed by atoms with Crippen LogP contribution in [0.2, 0.25) is 0 Å². The van der Waals surface area contributed by atoms with E-state index in [0.29, 0.717) is 13.1 Å². The minimum Gasteiger partial charge on any atom is -0.340 e. The summed E-state index contributed by atoms with van der Waals surface area (Å²) in [7, 11) is 1.86. The first-order valence-corrected chi connectivity index (χ1v) is 10.7. The second-order valence-electron chi connectivity index (χ2n) is 7.91. The standard InChI is InChI=1S/C22H27N3O2S/c1-16-9-11-28-20(16)14-24-10-8-19-18(13-24)22(27)25(15-21(26)23(19)2)12-17-6-4-3-5-7-17/h3-7,9,11,18-19H,8,10,12-15H2,1-2H3/t18-,19+/m0/s1. The minimum atomic E-state index is -0.158. The fourth-order valence-corrected chi connectivity index (χ4v) is 5.28. The third-order valence-corrected chi connectivity index (χ3v) is 7.07. The Hall–Kier alpha value is -2.18. The van der Waals surface area contributed by atoms with Crippen LogP contribution in [-0.4, -0.2) is 59.2 Å². The van der Waals surface area contributed by atoms with Gasteiger partial charge in [0.1, 0.15) is 6.54 Å². The van der Waals surface area contributed by atoms with Crippen LogP contribution in [0.4, 0.5) is 0 Å². The molecule has 1 aromatic heterocycles. The van der Waals surface area contributed by atoms with Gasteiger partial charge in [-0.05, 0) is 35.9 Å². The summed E-state index contributed by atoms with van der Waals surface area (Å²) in [5.41, 5.74) is 2.38. The molecule has 6 heteroatoms. The van der Waals surface area contributed by atoms with Crippen LogP contribution in [0.25, 0.3) is 0 Å². The van der Waals surface area contributed by atoms with E-state index in [1.807, 2.05) is 42.3 Å². The molecule has 0 saturated carbocycles. The number of piperidine rings is 1. The SMILES string of the molecule is Cc1ccsc1CN1CC[C@@H]2[C@H](C1)C(=O)N(Cc1ccccc1)CC(=O)N2C. The van der Waals surface area contributed by atoms with Gasteiger partial charge in [0.05, 0.1) is 5.92 Å². The molecule has 3 heterocycles. The lowest BCUT2D eigenvalue weighted by Crippen LogP contribution is -2.53. The smallest absolute Gasteiger partial charge is 0.242 e. The number of nitrogens with zero attached hydrogens (tertiary/aromatic N) is 3. The van der Waals surface area contributed by atoms with Gasteiger partial charge in [0.15, 0.2) is 0 Å². The maximum absolute atomic E-state index is 13.4. The molecule has 0 N–H and O–H groups in total. The summed E-state index contributed by atoms with van der Waals surface area (Å²) in [4.78, 5) is 33.4. The average molecular weight is 398 g/mol. The van der Waals surface area contributed by atoms with Gasteiger partial charge >= 0.3 is 0 Å². The molecule has 0 aliphatic carbocycles. The van der Waals surface area contributed by atoms with Gasteiger partial charge in [-0.3, -0.25) is 14.5 Å². The van der Waals surface area contributed by atoms with Crippen LogP contribution >= 0.6 is 11.3 Å². The second kappa shape index (κ2) is 8.05. The predicted octanol–water partition coefficient (Wildman–Crippen LogP) is 2.75. The molecule has 1 aromatic carbocycles. The van der Waals surface area contributed by atoms with Crippen molar-refractivity contribution in [3.8, 4) is 0 Å². The largest absolute Gasteiger partial charge is 0.340 e.